The fourth-order valence-electron chi connectivity index (χ4n) is 3.26. The predicted molar refractivity (Wildman–Crippen MR) is 119 cm³/mol. The molecule has 1 amide bonds. The SMILES string of the molecule is COc1ccc(-n2nnc3c(=O)n(CC(=O)NCc4ccc(OC)c(OC)c4)cnc32)cc1. The van der Waals surface area contributed by atoms with E-state index in [0.717, 1.165) is 5.56 Å². The molecule has 2 heterocycles. The Morgan fingerprint density at radius 2 is 1.76 bits per heavy atom. The molecule has 0 saturated heterocycles. The highest BCUT2D eigenvalue weighted by Gasteiger charge is 2.15. The molecule has 0 bridgehead atoms. The summed E-state index contributed by atoms with van der Waals surface area (Å²) in [5.74, 6) is 1.50. The van der Waals surface area contributed by atoms with E-state index in [4.69, 9.17) is 14.2 Å². The molecule has 0 aliphatic carbocycles. The lowest BCUT2D eigenvalue weighted by Crippen LogP contribution is -2.32. The van der Waals surface area contributed by atoms with Gasteiger partial charge in [-0.05, 0) is 42.0 Å². The normalized spacial score (nSPS) is 10.8. The zero-order chi connectivity index (χ0) is 23.4. The second kappa shape index (κ2) is 9.39. The van der Waals surface area contributed by atoms with Gasteiger partial charge in [0.15, 0.2) is 22.7 Å². The van der Waals surface area contributed by atoms with Crippen molar-refractivity contribution in [3.05, 3.63) is 64.7 Å². The third-order valence-electron chi connectivity index (χ3n) is 5.00. The molecule has 2 aromatic heterocycles. The molecule has 0 spiro atoms. The van der Waals surface area contributed by atoms with Crippen molar-refractivity contribution >= 4 is 17.1 Å². The Labute approximate surface area is 188 Å². The average Bonchev–Trinajstić information content (AvgIpc) is 3.29. The number of methoxy groups -OCH3 is 3. The number of amides is 1. The van der Waals surface area contributed by atoms with Crippen LogP contribution in [-0.4, -0.2) is 51.8 Å². The molecule has 0 radical (unpaired) electrons. The van der Waals surface area contributed by atoms with Crippen LogP contribution in [0.15, 0.2) is 53.6 Å². The summed E-state index contributed by atoms with van der Waals surface area (Å²) in [6.45, 7) is 0.0573. The molecule has 11 heteroatoms. The molecule has 0 saturated carbocycles. The van der Waals surface area contributed by atoms with Crippen molar-refractivity contribution < 1.29 is 19.0 Å². The zero-order valence-corrected chi connectivity index (χ0v) is 18.3. The Morgan fingerprint density at radius 1 is 1.00 bits per heavy atom. The first kappa shape index (κ1) is 21.8. The van der Waals surface area contributed by atoms with Gasteiger partial charge < -0.3 is 19.5 Å². The fourth-order valence-corrected chi connectivity index (χ4v) is 3.26. The van der Waals surface area contributed by atoms with Crippen LogP contribution in [0.1, 0.15) is 5.56 Å². The van der Waals surface area contributed by atoms with Crippen LogP contribution in [0.25, 0.3) is 16.9 Å². The standard InChI is InChI=1S/C22H22N6O5/c1-31-16-7-5-15(6-8-16)28-21-20(25-26-28)22(30)27(13-24-21)12-19(29)23-11-14-4-9-17(32-2)18(10-14)33-3/h4-10,13H,11-12H2,1-3H3,(H,23,29). The topological polar surface area (TPSA) is 122 Å². The first-order valence-electron chi connectivity index (χ1n) is 9.97. The number of carbonyl (C=O) groups is 1. The van der Waals surface area contributed by atoms with E-state index >= 15 is 0 Å². The van der Waals surface area contributed by atoms with Crippen LogP contribution in [0, 0.1) is 0 Å². The molecule has 0 fully saturated rings. The molecule has 11 nitrogen and oxygen atoms in total. The Morgan fingerprint density at radius 3 is 2.45 bits per heavy atom. The van der Waals surface area contributed by atoms with Gasteiger partial charge in [-0.25, -0.2) is 4.98 Å². The van der Waals surface area contributed by atoms with Crippen molar-refractivity contribution in [1.82, 2.24) is 29.9 Å². The minimum Gasteiger partial charge on any atom is -0.497 e. The molecule has 170 valence electrons. The summed E-state index contributed by atoms with van der Waals surface area (Å²) in [4.78, 5) is 29.5. The summed E-state index contributed by atoms with van der Waals surface area (Å²) in [5, 5.41) is 10.8. The second-order valence-corrected chi connectivity index (χ2v) is 7.02. The lowest BCUT2D eigenvalue weighted by atomic mass is 10.2. The highest BCUT2D eigenvalue weighted by atomic mass is 16.5. The minimum atomic E-state index is -0.457. The van der Waals surface area contributed by atoms with Gasteiger partial charge in [-0.1, -0.05) is 11.3 Å². The molecule has 0 aliphatic rings. The fraction of sp³-hybridized carbons (Fsp3) is 0.227. The van der Waals surface area contributed by atoms with Crippen molar-refractivity contribution in [2.24, 2.45) is 0 Å². The number of rotatable bonds is 8. The number of nitrogens with zero attached hydrogens (tertiary/aromatic N) is 5. The van der Waals surface area contributed by atoms with Crippen LogP contribution in [0.4, 0.5) is 0 Å². The molecule has 1 N–H and O–H groups in total. The first-order chi connectivity index (χ1) is 16.0. The van der Waals surface area contributed by atoms with Crippen molar-refractivity contribution in [3.63, 3.8) is 0 Å². The van der Waals surface area contributed by atoms with E-state index < -0.39 is 5.56 Å². The maximum absolute atomic E-state index is 12.8. The molecule has 2 aromatic carbocycles. The van der Waals surface area contributed by atoms with Crippen LogP contribution in [-0.2, 0) is 17.9 Å². The van der Waals surface area contributed by atoms with Gasteiger partial charge in [0, 0.05) is 6.54 Å². The molecule has 4 rings (SSSR count). The Hall–Kier alpha value is -4.41. The highest BCUT2D eigenvalue weighted by Crippen LogP contribution is 2.27. The number of carbonyl (C=O) groups excluding carboxylic acids is 1. The van der Waals surface area contributed by atoms with Crippen LogP contribution in [0.5, 0.6) is 17.2 Å². The number of benzene rings is 2. The molecular weight excluding hydrogens is 428 g/mol. The van der Waals surface area contributed by atoms with Gasteiger partial charge in [0.25, 0.3) is 5.56 Å². The van der Waals surface area contributed by atoms with Gasteiger partial charge in [-0.3, -0.25) is 14.2 Å². The monoisotopic (exact) mass is 450 g/mol. The minimum absolute atomic E-state index is 0.0704. The van der Waals surface area contributed by atoms with Crippen LogP contribution in [0.2, 0.25) is 0 Å². The van der Waals surface area contributed by atoms with Gasteiger partial charge in [0.1, 0.15) is 18.6 Å². The lowest BCUT2D eigenvalue weighted by Gasteiger charge is -2.11. The number of nitrogens with one attached hydrogen (secondary N) is 1. The van der Waals surface area contributed by atoms with Gasteiger partial charge in [0.05, 0.1) is 27.0 Å². The van der Waals surface area contributed by atoms with E-state index in [1.54, 1.807) is 57.7 Å². The van der Waals surface area contributed by atoms with E-state index in [0.29, 0.717) is 28.6 Å². The molecule has 33 heavy (non-hydrogen) atoms. The van der Waals surface area contributed by atoms with Crippen molar-refractivity contribution in [2.75, 3.05) is 21.3 Å². The Balaban J connectivity index is 1.48. The summed E-state index contributed by atoms with van der Waals surface area (Å²) < 4.78 is 18.3. The number of fused-ring (bicyclic) bond motifs is 1. The third kappa shape index (κ3) is 4.47. The van der Waals surface area contributed by atoms with Crippen LogP contribution < -0.4 is 25.1 Å². The Kier molecular flexibility index (Phi) is 6.20. The third-order valence-corrected chi connectivity index (χ3v) is 5.00. The molecule has 0 atom stereocenters. The average molecular weight is 450 g/mol. The Bertz CT molecular complexity index is 1350. The molecule has 0 aliphatic heterocycles. The van der Waals surface area contributed by atoms with E-state index in [2.05, 4.69) is 20.6 Å². The first-order valence-corrected chi connectivity index (χ1v) is 9.97. The summed E-state index contributed by atoms with van der Waals surface area (Å²) in [6, 6.07) is 12.5. The molecule has 0 unspecified atom stereocenters. The summed E-state index contributed by atoms with van der Waals surface area (Å²) in [7, 11) is 4.67. The quantitative estimate of drug-likeness (QED) is 0.427. The molecular formula is C22H22N6O5. The summed E-state index contributed by atoms with van der Waals surface area (Å²) >= 11 is 0. The highest BCUT2D eigenvalue weighted by molar-refractivity contribution is 5.76. The molecule has 4 aromatic rings. The van der Waals surface area contributed by atoms with Crippen molar-refractivity contribution in [1.29, 1.82) is 0 Å². The van der Waals surface area contributed by atoms with Gasteiger partial charge >= 0.3 is 0 Å². The largest absolute Gasteiger partial charge is 0.497 e. The number of aromatic nitrogens is 5. The van der Waals surface area contributed by atoms with Crippen LogP contribution in [0.3, 0.4) is 0 Å². The van der Waals surface area contributed by atoms with Crippen molar-refractivity contribution in [3.8, 4) is 22.9 Å². The van der Waals surface area contributed by atoms with E-state index in [1.807, 2.05) is 6.07 Å². The summed E-state index contributed by atoms with van der Waals surface area (Å²) in [6.07, 6.45) is 1.31. The lowest BCUT2D eigenvalue weighted by molar-refractivity contribution is -0.121. The maximum Gasteiger partial charge on any atom is 0.284 e. The van der Waals surface area contributed by atoms with Crippen LogP contribution >= 0.6 is 0 Å². The second-order valence-electron chi connectivity index (χ2n) is 7.02. The number of hydrogen-bond acceptors (Lipinski definition) is 8. The van der Waals surface area contributed by atoms with Gasteiger partial charge in [0.2, 0.25) is 5.91 Å². The maximum atomic E-state index is 12.8. The number of ether oxygens (including phenoxy) is 3. The van der Waals surface area contributed by atoms with E-state index in [9.17, 15) is 9.59 Å². The van der Waals surface area contributed by atoms with E-state index in [1.165, 1.54) is 15.6 Å². The van der Waals surface area contributed by atoms with E-state index in [-0.39, 0.29) is 24.5 Å². The number of hydrogen-bond donors (Lipinski definition) is 1. The van der Waals surface area contributed by atoms with Gasteiger partial charge in [-0.2, -0.15) is 4.68 Å². The van der Waals surface area contributed by atoms with Crippen molar-refractivity contribution in [2.45, 2.75) is 13.1 Å². The smallest absolute Gasteiger partial charge is 0.284 e. The summed E-state index contributed by atoms with van der Waals surface area (Å²) in [5.41, 5.74) is 1.41. The van der Waals surface area contributed by atoms with Gasteiger partial charge in [-0.15, -0.1) is 5.10 Å². The predicted octanol–water partition coefficient (Wildman–Crippen LogP) is 1.32. The zero-order valence-electron chi connectivity index (χ0n) is 18.3.